The molecule has 5 aromatic rings. The lowest BCUT2D eigenvalue weighted by atomic mass is 10.1. The Kier molecular flexibility index (Phi) is 3.24. The number of benzene rings is 2. The summed E-state index contributed by atoms with van der Waals surface area (Å²) in [6.45, 7) is 0. The SMILES string of the molecule is c1csc(-c2cnc(Oc3ccc4oc5ccccc5c4c3)nc2)c1. The molecule has 0 saturated carbocycles. The minimum atomic E-state index is 0.326. The van der Waals surface area contributed by atoms with Crippen molar-refractivity contribution in [3.8, 4) is 22.2 Å². The molecular weight excluding hydrogens is 332 g/mol. The van der Waals surface area contributed by atoms with Gasteiger partial charge in [0.25, 0.3) is 0 Å². The molecule has 0 unspecified atom stereocenters. The van der Waals surface area contributed by atoms with Crippen molar-refractivity contribution in [1.29, 1.82) is 0 Å². The fourth-order valence-electron chi connectivity index (χ4n) is 2.81. The second-order valence-electron chi connectivity index (χ2n) is 5.59. The van der Waals surface area contributed by atoms with Crippen LogP contribution in [-0.4, -0.2) is 9.97 Å². The van der Waals surface area contributed by atoms with Crippen molar-refractivity contribution in [3.05, 3.63) is 72.4 Å². The van der Waals surface area contributed by atoms with Gasteiger partial charge in [-0.1, -0.05) is 24.3 Å². The largest absolute Gasteiger partial charge is 0.456 e. The van der Waals surface area contributed by atoms with Crippen molar-refractivity contribution in [1.82, 2.24) is 9.97 Å². The van der Waals surface area contributed by atoms with E-state index in [2.05, 4.69) is 9.97 Å². The number of hydrogen-bond acceptors (Lipinski definition) is 5. The fourth-order valence-corrected chi connectivity index (χ4v) is 3.52. The Morgan fingerprint density at radius 2 is 1.68 bits per heavy atom. The molecule has 3 heterocycles. The first-order valence-corrected chi connectivity index (χ1v) is 8.70. The van der Waals surface area contributed by atoms with E-state index in [4.69, 9.17) is 9.15 Å². The van der Waals surface area contributed by atoms with Crippen LogP contribution in [0.25, 0.3) is 32.4 Å². The van der Waals surface area contributed by atoms with Crippen LogP contribution in [0.3, 0.4) is 0 Å². The summed E-state index contributed by atoms with van der Waals surface area (Å²) >= 11 is 1.66. The van der Waals surface area contributed by atoms with E-state index in [9.17, 15) is 0 Å². The van der Waals surface area contributed by atoms with Gasteiger partial charge in [-0.15, -0.1) is 11.3 Å². The maximum Gasteiger partial charge on any atom is 0.321 e. The van der Waals surface area contributed by atoms with Gasteiger partial charge in [0.2, 0.25) is 0 Å². The quantitative estimate of drug-likeness (QED) is 0.409. The van der Waals surface area contributed by atoms with Gasteiger partial charge in [0.15, 0.2) is 0 Å². The van der Waals surface area contributed by atoms with Crippen LogP contribution >= 0.6 is 11.3 Å². The minimum absolute atomic E-state index is 0.326. The molecule has 5 rings (SSSR count). The highest BCUT2D eigenvalue weighted by atomic mass is 32.1. The van der Waals surface area contributed by atoms with Crippen LogP contribution in [-0.2, 0) is 0 Å². The lowest BCUT2D eigenvalue weighted by molar-refractivity contribution is 0.442. The molecule has 5 heteroatoms. The Bertz CT molecular complexity index is 1160. The summed E-state index contributed by atoms with van der Waals surface area (Å²) in [5.74, 6) is 0.683. The van der Waals surface area contributed by atoms with E-state index in [1.54, 1.807) is 23.7 Å². The molecule has 0 bridgehead atoms. The smallest absolute Gasteiger partial charge is 0.321 e. The van der Waals surface area contributed by atoms with E-state index >= 15 is 0 Å². The molecule has 0 amide bonds. The van der Waals surface area contributed by atoms with E-state index < -0.39 is 0 Å². The average molecular weight is 344 g/mol. The van der Waals surface area contributed by atoms with Gasteiger partial charge in [-0.3, -0.25) is 0 Å². The zero-order chi connectivity index (χ0) is 16.6. The third-order valence-corrected chi connectivity index (χ3v) is 4.91. The molecule has 2 aromatic carbocycles. The molecule has 0 spiro atoms. The minimum Gasteiger partial charge on any atom is -0.456 e. The Balaban J connectivity index is 1.48. The predicted molar refractivity (Wildman–Crippen MR) is 99.1 cm³/mol. The number of thiophene rings is 1. The molecule has 120 valence electrons. The molecule has 4 nitrogen and oxygen atoms in total. The first-order chi connectivity index (χ1) is 12.4. The lowest BCUT2D eigenvalue weighted by Gasteiger charge is -2.04. The number of nitrogens with zero attached hydrogens (tertiary/aromatic N) is 2. The van der Waals surface area contributed by atoms with Crippen LogP contribution in [0.15, 0.2) is 76.8 Å². The fraction of sp³-hybridized carbons (Fsp3) is 0. The Morgan fingerprint density at radius 1 is 0.840 bits per heavy atom. The van der Waals surface area contributed by atoms with Crippen LogP contribution in [0.1, 0.15) is 0 Å². The lowest BCUT2D eigenvalue weighted by Crippen LogP contribution is -1.91. The van der Waals surface area contributed by atoms with Gasteiger partial charge in [0.1, 0.15) is 16.9 Å². The zero-order valence-corrected chi connectivity index (χ0v) is 13.9. The maximum absolute atomic E-state index is 5.83. The van der Waals surface area contributed by atoms with Gasteiger partial charge in [0.05, 0.1) is 0 Å². The first-order valence-electron chi connectivity index (χ1n) is 7.82. The third kappa shape index (κ3) is 2.55. The van der Waals surface area contributed by atoms with Crippen molar-refractivity contribution >= 4 is 33.3 Å². The van der Waals surface area contributed by atoms with E-state index in [-0.39, 0.29) is 0 Å². The molecular formula is C20H12N2O2S. The molecule has 0 aliphatic heterocycles. The Labute approximate surface area is 147 Å². The maximum atomic E-state index is 5.83. The van der Waals surface area contributed by atoms with E-state index in [1.807, 2.05) is 60.0 Å². The number of rotatable bonds is 3. The molecule has 0 N–H and O–H groups in total. The highest BCUT2D eigenvalue weighted by Crippen LogP contribution is 2.32. The molecule has 0 aliphatic rings. The average Bonchev–Trinajstić information content (AvgIpc) is 3.30. The van der Waals surface area contributed by atoms with E-state index in [0.717, 1.165) is 32.4 Å². The van der Waals surface area contributed by atoms with Crippen LogP contribution in [0, 0.1) is 0 Å². The van der Waals surface area contributed by atoms with E-state index in [0.29, 0.717) is 11.8 Å². The summed E-state index contributed by atoms with van der Waals surface area (Å²) in [6.07, 6.45) is 3.56. The number of fused-ring (bicyclic) bond motifs is 3. The summed E-state index contributed by atoms with van der Waals surface area (Å²) in [6, 6.07) is 18.1. The van der Waals surface area contributed by atoms with Crippen molar-refractivity contribution in [2.45, 2.75) is 0 Å². The summed E-state index contributed by atoms with van der Waals surface area (Å²) in [5, 5.41) is 4.12. The number of para-hydroxylation sites is 1. The summed E-state index contributed by atoms with van der Waals surface area (Å²) in [5.41, 5.74) is 2.69. The molecule has 0 aliphatic carbocycles. The number of aromatic nitrogens is 2. The van der Waals surface area contributed by atoms with Gasteiger partial charge in [0, 0.05) is 33.6 Å². The third-order valence-electron chi connectivity index (χ3n) is 3.99. The highest BCUT2D eigenvalue weighted by Gasteiger charge is 2.09. The summed E-state index contributed by atoms with van der Waals surface area (Å²) < 4.78 is 11.6. The number of furan rings is 1. The van der Waals surface area contributed by atoms with Gasteiger partial charge in [-0.05, 0) is 35.7 Å². The van der Waals surface area contributed by atoms with Crippen molar-refractivity contribution in [2.75, 3.05) is 0 Å². The van der Waals surface area contributed by atoms with Gasteiger partial charge in [-0.2, -0.15) is 0 Å². The van der Waals surface area contributed by atoms with Crippen molar-refractivity contribution in [2.24, 2.45) is 0 Å². The van der Waals surface area contributed by atoms with Crippen molar-refractivity contribution in [3.63, 3.8) is 0 Å². The van der Waals surface area contributed by atoms with Gasteiger partial charge >= 0.3 is 6.01 Å². The molecule has 0 atom stereocenters. The Hall–Kier alpha value is -3.18. The normalized spacial score (nSPS) is 11.2. The molecule has 0 fully saturated rings. The van der Waals surface area contributed by atoms with Crippen LogP contribution in [0.2, 0.25) is 0 Å². The Morgan fingerprint density at radius 3 is 2.52 bits per heavy atom. The zero-order valence-electron chi connectivity index (χ0n) is 13.0. The molecule has 0 radical (unpaired) electrons. The molecule has 0 saturated heterocycles. The summed E-state index contributed by atoms with van der Waals surface area (Å²) in [4.78, 5) is 9.76. The van der Waals surface area contributed by atoms with Gasteiger partial charge < -0.3 is 9.15 Å². The van der Waals surface area contributed by atoms with E-state index in [1.165, 1.54) is 0 Å². The van der Waals surface area contributed by atoms with Gasteiger partial charge in [-0.25, -0.2) is 9.97 Å². The predicted octanol–water partition coefficient (Wildman–Crippen LogP) is 5.90. The van der Waals surface area contributed by atoms with Crippen LogP contribution in [0.5, 0.6) is 11.8 Å². The topological polar surface area (TPSA) is 48.2 Å². The second-order valence-corrected chi connectivity index (χ2v) is 6.54. The van der Waals surface area contributed by atoms with Crippen LogP contribution < -0.4 is 4.74 Å². The molecule has 25 heavy (non-hydrogen) atoms. The molecule has 3 aromatic heterocycles. The second kappa shape index (κ2) is 5.72. The highest BCUT2D eigenvalue weighted by molar-refractivity contribution is 7.13. The van der Waals surface area contributed by atoms with Crippen LogP contribution in [0.4, 0.5) is 0 Å². The number of ether oxygens (including phenoxy) is 1. The monoisotopic (exact) mass is 344 g/mol. The van der Waals surface area contributed by atoms with Crippen molar-refractivity contribution < 1.29 is 9.15 Å². The standard InChI is InChI=1S/C20H12N2O2S/c1-2-5-17-15(4-1)16-10-14(7-8-18(16)24-17)23-20-21-11-13(12-22-20)19-6-3-9-25-19/h1-12H. The summed E-state index contributed by atoms with van der Waals surface area (Å²) in [7, 11) is 0. The number of hydrogen-bond donors (Lipinski definition) is 0. The first kappa shape index (κ1) is 14.2.